The summed E-state index contributed by atoms with van der Waals surface area (Å²) in [4.78, 5) is 22.6. The van der Waals surface area contributed by atoms with Crippen LogP contribution in [0.15, 0.2) is 30.6 Å². The third-order valence-corrected chi connectivity index (χ3v) is 5.77. The van der Waals surface area contributed by atoms with Crippen molar-refractivity contribution in [2.24, 2.45) is 0 Å². The zero-order valence-corrected chi connectivity index (χ0v) is 15.8. The van der Waals surface area contributed by atoms with E-state index in [0.717, 1.165) is 55.5 Å². The highest BCUT2D eigenvalue weighted by Crippen LogP contribution is 2.28. The van der Waals surface area contributed by atoms with Crippen molar-refractivity contribution in [1.29, 1.82) is 0 Å². The molecule has 27 heavy (non-hydrogen) atoms. The number of piperidine rings is 1. The van der Waals surface area contributed by atoms with Crippen molar-refractivity contribution in [3.63, 3.8) is 0 Å². The summed E-state index contributed by atoms with van der Waals surface area (Å²) < 4.78 is 16.2. The van der Waals surface area contributed by atoms with E-state index in [4.69, 9.17) is 0 Å². The first-order chi connectivity index (χ1) is 13.1. The van der Waals surface area contributed by atoms with Crippen LogP contribution in [0.1, 0.15) is 47.6 Å². The highest BCUT2D eigenvalue weighted by atomic mass is 19.1. The number of imidazole rings is 1. The third-order valence-electron chi connectivity index (χ3n) is 5.77. The fourth-order valence-electron chi connectivity index (χ4n) is 4.17. The first-order valence-corrected chi connectivity index (χ1v) is 9.61. The van der Waals surface area contributed by atoms with Gasteiger partial charge < -0.3 is 14.5 Å². The Bertz CT molecular complexity index is 974. The van der Waals surface area contributed by atoms with Crippen LogP contribution in [0.5, 0.6) is 0 Å². The van der Waals surface area contributed by atoms with E-state index in [2.05, 4.69) is 14.5 Å². The molecular formula is C21H25FN4O. The van der Waals surface area contributed by atoms with Gasteiger partial charge >= 0.3 is 0 Å². The molecule has 1 aliphatic heterocycles. The third kappa shape index (κ3) is 3.24. The molecule has 1 aliphatic rings. The normalized spacial score (nSPS) is 17.6. The highest BCUT2D eigenvalue weighted by Gasteiger charge is 2.29. The summed E-state index contributed by atoms with van der Waals surface area (Å²) in [5.74, 6) is 0.654. The number of para-hydroxylation sites is 1. The number of aryl methyl sites for hydroxylation is 3. The average molecular weight is 368 g/mol. The van der Waals surface area contributed by atoms with Gasteiger partial charge in [-0.2, -0.15) is 0 Å². The number of likely N-dealkylation sites (tertiary alicyclic amines) is 1. The van der Waals surface area contributed by atoms with Gasteiger partial charge in [-0.1, -0.05) is 12.1 Å². The Balaban J connectivity index is 1.58. The van der Waals surface area contributed by atoms with Crippen molar-refractivity contribution in [3.05, 3.63) is 53.5 Å². The number of rotatable bonds is 4. The monoisotopic (exact) mass is 368 g/mol. The van der Waals surface area contributed by atoms with E-state index in [1.54, 1.807) is 6.07 Å². The summed E-state index contributed by atoms with van der Waals surface area (Å²) in [5, 5.41) is 0.779. The van der Waals surface area contributed by atoms with Gasteiger partial charge in [0.05, 0.1) is 5.52 Å². The van der Waals surface area contributed by atoms with Crippen molar-refractivity contribution in [2.45, 2.75) is 52.1 Å². The first-order valence-electron chi connectivity index (χ1n) is 9.61. The van der Waals surface area contributed by atoms with Crippen LogP contribution in [0.3, 0.4) is 0 Å². The predicted molar refractivity (Wildman–Crippen MR) is 103 cm³/mol. The maximum Gasteiger partial charge on any atom is 0.270 e. The van der Waals surface area contributed by atoms with Gasteiger partial charge in [0.2, 0.25) is 0 Å². The molecule has 0 radical (unpaired) electrons. The van der Waals surface area contributed by atoms with Gasteiger partial charge in [0.25, 0.3) is 5.91 Å². The topological polar surface area (TPSA) is 53.9 Å². The zero-order valence-electron chi connectivity index (χ0n) is 15.8. The van der Waals surface area contributed by atoms with E-state index in [-0.39, 0.29) is 17.8 Å². The Morgan fingerprint density at radius 2 is 2.19 bits per heavy atom. The number of amides is 1. The maximum absolute atomic E-state index is 14.1. The lowest BCUT2D eigenvalue weighted by molar-refractivity contribution is 0.0589. The van der Waals surface area contributed by atoms with Gasteiger partial charge in [0.15, 0.2) is 0 Å². The Kier molecular flexibility index (Phi) is 4.72. The Labute approximate surface area is 158 Å². The number of hydrogen-bond acceptors (Lipinski definition) is 2. The second kappa shape index (κ2) is 7.18. The molecule has 5 nitrogen and oxygen atoms in total. The van der Waals surface area contributed by atoms with E-state index in [1.807, 2.05) is 37.2 Å². The van der Waals surface area contributed by atoms with Crippen molar-refractivity contribution in [3.8, 4) is 0 Å². The molecule has 1 saturated heterocycles. The number of nitrogens with zero attached hydrogens (tertiary/aromatic N) is 3. The quantitative estimate of drug-likeness (QED) is 0.750. The SMILES string of the molecule is Cc1c(C(=O)N2CCCC[C@H]2CCn2ccnc2C)[nH]c2c(F)cccc12. The molecule has 0 aliphatic carbocycles. The lowest BCUT2D eigenvalue weighted by atomic mass is 9.98. The molecule has 0 bridgehead atoms. The second-order valence-electron chi connectivity index (χ2n) is 7.39. The molecule has 0 spiro atoms. The number of nitrogens with one attached hydrogen (secondary N) is 1. The van der Waals surface area contributed by atoms with Gasteiger partial charge in [0.1, 0.15) is 17.3 Å². The van der Waals surface area contributed by atoms with Crippen LogP contribution >= 0.6 is 0 Å². The second-order valence-corrected chi connectivity index (χ2v) is 7.39. The minimum Gasteiger partial charge on any atom is -0.348 e. The number of hydrogen-bond donors (Lipinski definition) is 1. The first kappa shape index (κ1) is 17.8. The van der Waals surface area contributed by atoms with Crippen LogP contribution < -0.4 is 0 Å². The molecule has 6 heteroatoms. The fourth-order valence-corrected chi connectivity index (χ4v) is 4.17. The summed E-state index contributed by atoms with van der Waals surface area (Å²) in [5.41, 5.74) is 1.76. The van der Waals surface area contributed by atoms with Crippen molar-refractivity contribution >= 4 is 16.8 Å². The maximum atomic E-state index is 14.1. The minimum atomic E-state index is -0.319. The minimum absolute atomic E-state index is 0.0184. The van der Waals surface area contributed by atoms with Crippen molar-refractivity contribution in [2.75, 3.05) is 6.54 Å². The summed E-state index contributed by atoms with van der Waals surface area (Å²) >= 11 is 0. The van der Waals surface area contributed by atoms with E-state index in [0.29, 0.717) is 11.2 Å². The molecule has 2 aromatic heterocycles. The van der Waals surface area contributed by atoms with Crippen LogP contribution in [0, 0.1) is 19.7 Å². The van der Waals surface area contributed by atoms with Gasteiger partial charge in [-0.05, 0) is 51.2 Å². The summed E-state index contributed by atoms with van der Waals surface area (Å²) in [6.45, 7) is 5.48. The van der Waals surface area contributed by atoms with Gasteiger partial charge in [-0.3, -0.25) is 4.79 Å². The number of H-pyrrole nitrogens is 1. The summed E-state index contributed by atoms with van der Waals surface area (Å²) in [6.07, 6.45) is 7.85. The molecule has 1 aromatic carbocycles. The number of fused-ring (bicyclic) bond motifs is 1. The van der Waals surface area contributed by atoms with Crippen LogP contribution in [0.2, 0.25) is 0 Å². The number of carbonyl (C=O) groups is 1. The van der Waals surface area contributed by atoms with E-state index >= 15 is 0 Å². The Hall–Kier alpha value is -2.63. The highest BCUT2D eigenvalue weighted by molar-refractivity contribution is 6.01. The standard InChI is InChI=1S/C21H25FN4O/c1-14-17-7-5-8-18(22)20(17)24-19(14)21(27)26-11-4-3-6-16(26)9-12-25-13-10-23-15(25)2/h5,7-8,10,13,16,24H,3-4,6,9,11-12H2,1-2H3/t16-/m0/s1. The lowest BCUT2D eigenvalue weighted by Gasteiger charge is -2.36. The van der Waals surface area contributed by atoms with Gasteiger partial charge in [-0.25, -0.2) is 9.37 Å². The van der Waals surface area contributed by atoms with Gasteiger partial charge in [0, 0.05) is 36.9 Å². The van der Waals surface area contributed by atoms with Crippen molar-refractivity contribution < 1.29 is 9.18 Å². The number of aromatic amines is 1. The molecule has 0 unspecified atom stereocenters. The number of carbonyl (C=O) groups excluding carboxylic acids is 1. The largest absolute Gasteiger partial charge is 0.348 e. The van der Waals surface area contributed by atoms with Crippen molar-refractivity contribution in [1.82, 2.24) is 19.4 Å². The molecule has 3 aromatic rings. The Morgan fingerprint density at radius 3 is 2.93 bits per heavy atom. The van der Waals surface area contributed by atoms with Crippen LogP contribution in [-0.4, -0.2) is 37.9 Å². The predicted octanol–water partition coefficient (Wildman–Crippen LogP) is 4.21. The van der Waals surface area contributed by atoms with E-state index in [9.17, 15) is 9.18 Å². The molecule has 1 N–H and O–H groups in total. The molecular weight excluding hydrogens is 343 g/mol. The molecule has 4 rings (SSSR count). The molecule has 1 atom stereocenters. The van der Waals surface area contributed by atoms with E-state index < -0.39 is 0 Å². The molecule has 1 amide bonds. The van der Waals surface area contributed by atoms with Crippen LogP contribution in [-0.2, 0) is 6.54 Å². The average Bonchev–Trinajstić information content (AvgIpc) is 3.24. The number of benzene rings is 1. The fraction of sp³-hybridized carbons (Fsp3) is 0.429. The van der Waals surface area contributed by atoms with E-state index in [1.165, 1.54) is 6.07 Å². The molecule has 1 fully saturated rings. The number of halogens is 1. The summed E-state index contributed by atoms with van der Waals surface area (Å²) in [6, 6.07) is 5.16. The zero-order chi connectivity index (χ0) is 19.0. The smallest absolute Gasteiger partial charge is 0.270 e. The number of aromatic nitrogens is 3. The van der Waals surface area contributed by atoms with Crippen LogP contribution in [0.25, 0.3) is 10.9 Å². The summed E-state index contributed by atoms with van der Waals surface area (Å²) in [7, 11) is 0. The molecule has 0 saturated carbocycles. The molecule has 142 valence electrons. The lowest BCUT2D eigenvalue weighted by Crippen LogP contribution is -2.44. The molecule has 3 heterocycles. The van der Waals surface area contributed by atoms with Crippen LogP contribution in [0.4, 0.5) is 4.39 Å². The van der Waals surface area contributed by atoms with Gasteiger partial charge in [-0.15, -0.1) is 0 Å². The Morgan fingerprint density at radius 1 is 1.33 bits per heavy atom.